The quantitative estimate of drug-likeness (QED) is 0.399. The molecule has 8 nitrogen and oxygen atoms in total. The average Bonchev–Trinajstić information content (AvgIpc) is 3.56. The highest BCUT2D eigenvalue weighted by atomic mass is 16.5. The van der Waals surface area contributed by atoms with E-state index in [4.69, 9.17) is 19.3 Å². The maximum atomic E-state index is 12.2. The van der Waals surface area contributed by atoms with Crippen molar-refractivity contribution in [1.82, 2.24) is 15.1 Å². The molecular formula is C25H25N3O5. The number of nitrogens with one attached hydrogen (secondary N) is 1. The van der Waals surface area contributed by atoms with Gasteiger partial charge in [0.1, 0.15) is 5.69 Å². The van der Waals surface area contributed by atoms with E-state index in [2.05, 4.69) is 5.32 Å². The average molecular weight is 447 g/mol. The Morgan fingerprint density at radius 1 is 1.09 bits per heavy atom. The number of hydrogen-bond donors (Lipinski definition) is 1. The topological polar surface area (TPSA) is 91.7 Å². The van der Waals surface area contributed by atoms with Gasteiger partial charge in [-0.05, 0) is 49.2 Å². The number of hydrogen-bond acceptors (Lipinski definition) is 6. The Kier molecular flexibility index (Phi) is 6.73. The lowest BCUT2D eigenvalue weighted by atomic mass is 10.1. The SMILES string of the molecule is COc1ccc(-c2nn(-c3ccccc3)cc2C=CC(=O)OCC(=O)NC2CC2)cc1OC. The van der Waals surface area contributed by atoms with Crippen molar-refractivity contribution < 1.29 is 23.8 Å². The summed E-state index contributed by atoms with van der Waals surface area (Å²) in [6.45, 7) is -0.300. The van der Waals surface area contributed by atoms with Gasteiger partial charge in [0, 0.05) is 29.4 Å². The van der Waals surface area contributed by atoms with Crippen molar-refractivity contribution >= 4 is 18.0 Å². The number of methoxy groups -OCH3 is 2. The number of ether oxygens (including phenoxy) is 3. The normalized spacial score (nSPS) is 13.0. The Hall–Kier alpha value is -4.07. The molecule has 0 saturated heterocycles. The molecule has 2 aromatic carbocycles. The van der Waals surface area contributed by atoms with Crippen LogP contribution in [0.15, 0.2) is 60.8 Å². The molecule has 0 bridgehead atoms. The molecule has 0 atom stereocenters. The second-order valence-corrected chi connectivity index (χ2v) is 7.57. The van der Waals surface area contributed by atoms with E-state index in [1.807, 2.05) is 48.7 Å². The Morgan fingerprint density at radius 3 is 2.55 bits per heavy atom. The molecule has 0 aliphatic heterocycles. The van der Waals surface area contributed by atoms with Gasteiger partial charge in [-0.2, -0.15) is 5.10 Å². The highest BCUT2D eigenvalue weighted by Gasteiger charge is 2.23. The van der Waals surface area contributed by atoms with E-state index >= 15 is 0 Å². The third kappa shape index (κ3) is 5.60. The second kappa shape index (κ2) is 10.0. The molecule has 1 amide bonds. The first-order valence-electron chi connectivity index (χ1n) is 10.6. The van der Waals surface area contributed by atoms with Gasteiger partial charge in [0.05, 0.1) is 19.9 Å². The van der Waals surface area contributed by atoms with E-state index in [1.165, 1.54) is 6.08 Å². The smallest absolute Gasteiger partial charge is 0.331 e. The van der Waals surface area contributed by atoms with E-state index in [0.717, 1.165) is 24.1 Å². The van der Waals surface area contributed by atoms with Crippen LogP contribution in [0.25, 0.3) is 23.0 Å². The van der Waals surface area contributed by atoms with Gasteiger partial charge < -0.3 is 19.5 Å². The molecule has 33 heavy (non-hydrogen) atoms. The summed E-state index contributed by atoms with van der Waals surface area (Å²) in [7, 11) is 3.15. The van der Waals surface area contributed by atoms with Crippen LogP contribution in [0.2, 0.25) is 0 Å². The number of amides is 1. The van der Waals surface area contributed by atoms with Crippen molar-refractivity contribution in [2.24, 2.45) is 0 Å². The lowest BCUT2D eigenvalue weighted by molar-refractivity contribution is -0.143. The molecular weight excluding hydrogens is 422 g/mol. The van der Waals surface area contributed by atoms with Gasteiger partial charge in [0.25, 0.3) is 5.91 Å². The largest absolute Gasteiger partial charge is 0.493 e. The maximum absolute atomic E-state index is 12.2. The minimum atomic E-state index is -0.605. The van der Waals surface area contributed by atoms with Crippen molar-refractivity contribution in [3.8, 4) is 28.4 Å². The minimum absolute atomic E-state index is 0.222. The number of nitrogens with zero attached hydrogens (tertiary/aromatic N) is 2. The summed E-state index contributed by atoms with van der Waals surface area (Å²) in [5.74, 6) is 0.281. The number of para-hydroxylation sites is 1. The predicted octanol–water partition coefficient (Wildman–Crippen LogP) is 3.39. The molecule has 1 heterocycles. The molecule has 1 fully saturated rings. The number of rotatable bonds is 9. The minimum Gasteiger partial charge on any atom is -0.493 e. The van der Waals surface area contributed by atoms with Gasteiger partial charge in [-0.1, -0.05) is 18.2 Å². The first-order valence-corrected chi connectivity index (χ1v) is 10.6. The van der Waals surface area contributed by atoms with Gasteiger partial charge >= 0.3 is 5.97 Å². The van der Waals surface area contributed by atoms with Crippen LogP contribution >= 0.6 is 0 Å². The fourth-order valence-electron chi connectivity index (χ4n) is 3.27. The molecule has 3 aromatic rings. The summed E-state index contributed by atoms with van der Waals surface area (Å²) in [5.41, 5.74) is 3.01. The van der Waals surface area contributed by atoms with E-state index in [-0.39, 0.29) is 18.6 Å². The monoisotopic (exact) mass is 447 g/mol. The van der Waals surface area contributed by atoms with E-state index in [0.29, 0.717) is 22.8 Å². The van der Waals surface area contributed by atoms with Crippen molar-refractivity contribution in [1.29, 1.82) is 0 Å². The first kappa shape index (κ1) is 22.1. The summed E-state index contributed by atoms with van der Waals surface area (Å²) in [6, 6.07) is 15.4. The third-order valence-electron chi connectivity index (χ3n) is 5.11. The van der Waals surface area contributed by atoms with Gasteiger partial charge in [-0.15, -0.1) is 0 Å². The highest BCUT2D eigenvalue weighted by Crippen LogP contribution is 2.33. The molecule has 4 rings (SSSR count). The fourth-order valence-corrected chi connectivity index (χ4v) is 3.27. The van der Waals surface area contributed by atoms with Crippen molar-refractivity contribution in [2.75, 3.05) is 20.8 Å². The van der Waals surface area contributed by atoms with Crippen LogP contribution in [0.3, 0.4) is 0 Å². The van der Waals surface area contributed by atoms with E-state index in [9.17, 15) is 9.59 Å². The van der Waals surface area contributed by atoms with E-state index in [1.54, 1.807) is 31.0 Å². The number of aromatic nitrogens is 2. The third-order valence-corrected chi connectivity index (χ3v) is 5.11. The van der Waals surface area contributed by atoms with Gasteiger partial charge in [0.15, 0.2) is 18.1 Å². The van der Waals surface area contributed by atoms with Gasteiger partial charge in [-0.25, -0.2) is 9.48 Å². The summed E-state index contributed by atoms with van der Waals surface area (Å²) >= 11 is 0. The first-order chi connectivity index (χ1) is 16.1. The van der Waals surface area contributed by atoms with Crippen LogP contribution in [-0.2, 0) is 14.3 Å². The van der Waals surface area contributed by atoms with Crippen molar-refractivity contribution in [2.45, 2.75) is 18.9 Å². The summed E-state index contributed by atoms with van der Waals surface area (Å²) in [6.07, 6.45) is 6.69. The summed E-state index contributed by atoms with van der Waals surface area (Å²) in [5, 5.41) is 7.51. The Balaban J connectivity index is 1.59. The highest BCUT2D eigenvalue weighted by molar-refractivity contribution is 5.90. The molecule has 0 unspecified atom stereocenters. The Bertz CT molecular complexity index is 1170. The number of esters is 1. The fraction of sp³-hybridized carbons (Fsp3) is 0.240. The summed E-state index contributed by atoms with van der Waals surface area (Å²) in [4.78, 5) is 23.9. The van der Waals surface area contributed by atoms with Crippen molar-refractivity contribution in [3.05, 3.63) is 66.4 Å². The van der Waals surface area contributed by atoms with E-state index < -0.39 is 5.97 Å². The zero-order valence-electron chi connectivity index (χ0n) is 18.5. The van der Waals surface area contributed by atoms with Crippen LogP contribution in [0.5, 0.6) is 11.5 Å². The molecule has 0 spiro atoms. The second-order valence-electron chi connectivity index (χ2n) is 7.57. The van der Waals surface area contributed by atoms with Crippen LogP contribution in [0, 0.1) is 0 Å². The molecule has 1 aliphatic rings. The van der Waals surface area contributed by atoms with Crippen LogP contribution < -0.4 is 14.8 Å². The number of benzene rings is 2. The van der Waals surface area contributed by atoms with Crippen LogP contribution in [0.4, 0.5) is 0 Å². The molecule has 1 saturated carbocycles. The zero-order valence-corrected chi connectivity index (χ0v) is 18.5. The zero-order chi connectivity index (χ0) is 23.2. The molecule has 170 valence electrons. The molecule has 1 aromatic heterocycles. The lowest BCUT2D eigenvalue weighted by Crippen LogP contribution is -2.30. The molecule has 0 radical (unpaired) electrons. The van der Waals surface area contributed by atoms with Crippen LogP contribution in [-0.4, -0.2) is 48.5 Å². The van der Waals surface area contributed by atoms with Gasteiger partial charge in [0.2, 0.25) is 0 Å². The molecule has 1 N–H and O–H groups in total. The number of carbonyl (C=O) groups excluding carboxylic acids is 2. The molecule has 1 aliphatic carbocycles. The number of carbonyl (C=O) groups is 2. The Labute approximate surface area is 191 Å². The Morgan fingerprint density at radius 2 is 1.85 bits per heavy atom. The summed E-state index contributed by atoms with van der Waals surface area (Å²) < 4.78 is 17.5. The molecule has 8 heteroatoms. The van der Waals surface area contributed by atoms with Crippen molar-refractivity contribution in [3.63, 3.8) is 0 Å². The van der Waals surface area contributed by atoms with Crippen LogP contribution in [0.1, 0.15) is 18.4 Å². The maximum Gasteiger partial charge on any atom is 0.331 e. The predicted molar refractivity (Wildman–Crippen MR) is 123 cm³/mol. The lowest BCUT2D eigenvalue weighted by Gasteiger charge is -2.09. The standard InChI is InChI=1S/C25H25N3O5/c1-31-21-12-8-17(14-22(21)32-2)25-18(15-28(27-25)20-6-4-3-5-7-20)9-13-24(30)33-16-23(29)26-19-10-11-19/h3-9,12-15,19H,10-11,16H2,1-2H3,(H,26,29). The van der Waals surface area contributed by atoms with Gasteiger partial charge in [-0.3, -0.25) is 4.79 Å².